The number of methoxy groups -OCH3 is 1. The molecule has 0 aliphatic carbocycles. The Morgan fingerprint density at radius 1 is 1.24 bits per heavy atom. The Morgan fingerprint density at radius 2 is 1.95 bits per heavy atom. The van der Waals surface area contributed by atoms with Gasteiger partial charge in [-0.3, -0.25) is 4.79 Å². The van der Waals surface area contributed by atoms with Crippen molar-refractivity contribution in [2.45, 2.75) is 19.3 Å². The van der Waals surface area contributed by atoms with E-state index in [4.69, 9.17) is 4.74 Å². The van der Waals surface area contributed by atoms with Crippen molar-refractivity contribution in [3.63, 3.8) is 0 Å². The molecule has 1 unspecified atom stereocenters. The lowest BCUT2D eigenvalue weighted by atomic mass is 9.96. The zero-order chi connectivity index (χ0) is 15.2. The van der Waals surface area contributed by atoms with Gasteiger partial charge in [0.2, 0.25) is 5.91 Å². The second-order valence-corrected chi connectivity index (χ2v) is 5.43. The first-order valence-electron chi connectivity index (χ1n) is 6.69. The summed E-state index contributed by atoms with van der Waals surface area (Å²) >= 11 is 1.31. The van der Waals surface area contributed by atoms with Gasteiger partial charge in [0.05, 0.1) is 18.6 Å². The van der Waals surface area contributed by atoms with E-state index < -0.39 is 5.97 Å². The third-order valence-electron chi connectivity index (χ3n) is 3.23. The molecule has 0 bridgehead atoms. The smallest absolute Gasteiger partial charge is 0.340 e. The maximum atomic E-state index is 12.4. The van der Waals surface area contributed by atoms with Gasteiger partial charge < -0.3 is 10.1 Å². The predicted octanol–water partition coefficient (Wildman–Crippen LogP) is 3.67. The van der Waals surface area contributed by atoms with Crippen molar-refractivity contribution in [3.05, 3.63) is 52.9 Å². The van der Waals surface area contributed by atoms with Crippen LogP contribution in [0.2, 0.25) is 0 Å². The summed E-state index contributed by atoms with van der Waals surface area (Å²) in [4.78, 5) is 24.1. The van der Waals surface area contributed by atoms with E-state index in [0.717, 1.165) is 5.56 Å². The second-order valence-electron chi connectivity index (χ2n) is 4.52. The van der Waals surface area contributed by atoms with E-state index in [2.05, 4.69) is 5.32 Å². The minimum atomic E-state index is -0.445. The van der Waals surface area contributed by atoms with Gasteiger partial charge in [-0.05, 0) is 23.4 Å². The molecule has 0 aliphatic rings. The van der Waals surface area contributed by atoms with E-state index >= 15 is 0 Å². The number of hydrogen-bond acceptors (Lipinski definition) is 4. The van der Waals surface area contributed by atoms with Crippen molar-refractivity contribution in [2.24, 2.45) is 0 Å². The molecule has 0 aliphatic heterocycles. The standard InChI is InChI=1S/C16H17NO3S/c1-3-12(11-7-5-4-6-8-11)14(18)17-15-13(9-10-21-15)16(19)20-2/h4-10,12H,3H2,1-2H3,(H,17,18). The largest absolute Gasteiger partial charge is 0.465 e. The minimum absolute atomic E-state index is 0.115. The van der Waals surface area contributed by atoms with Crippen molar-refractivity contribution < 1.29 is 14.3 Å². The zero-order valence-electron chi connectivity index (χ0n) is 12.0. The SMILES string of the molecule is CCC(C(=O)Nc1sccc1C(=O)OC)c1ccccc1. The van der Waals surface area contributed by atoms with Crippen LogP contribution in [-0.4, -0.2) is 19.0 Å². The van der Waals surface area contributed by atoms with Crippen LogP contribution in [0.3, 0.4) is 0 Å². The van der Waals surface area contributed by atoms with Crippen LogP contribution < -0.4 is 5.32 Å². The van der Waals surface area contributed by atoms with Gasteiger partial charge >= 0.3 is 5.97 Å². The Balaban J connectivity index is 2.17. The van der Waals surface area contributed by atoms with Gasteiger partial charge in [-0.1, -0.05) is 37.3 Å². The fourth-order valence-electron chi connectivity index (χ4n) is 2.13. The molecule has 1 amide bonds. The summed E-state index contributed by atoms with van der Waals surface area (Å²) in [5, 5.41) is 5.12. The second kappa shape index (κ2) is 7.04. The van der Waals surface area contributed by atoms with Crippen LogP contribution in [0.15, 0.2) is 41.8 Å². The summed E-state index contributed by atoms with van der Waals surface area (Å²) in [6.45, 7) is 1.97. The van der Waals surface area contributed by atoms with Gasteiger partial charge in [0.15, 0.2) is 0 Å². The molecule has 2 rings (SSSR count). The van der Waals surface area contributed by atoms with E-state index in [1.807, 2.05) is 37.3 Å². The maximum Gasteiger partial charge on any atom is 0.340 e. The van der Waals surface area contributed by atoms with Gasteiger partial charge in [0.25, 0.3) is 0 Å². The number of benzene rings is 1. The number of carbonyl (C=O) groups is 2. The molecule has 2 aromatic rings. The highest BCUT2D eigenvalue weighted by Gasteiger charge is 2.21. The fraction of sp³-hybridized carbons (Fsp3) is 0.250. The number of nitrogens with one attached hydrogen (secondary N) is 1. The predicted molar refractivity (Wildman–Crippen MR) is 83.8 cm³/mol. The first-order valence-corrected chi connectivity index (χ1v) is 7.57. The number of thiophene rings is 1. The number of anilines is 1. The molecular weight excluding hydrogens is 286 g/mol. The van der Waals surface area contributed by atoms with Gasteiger partial charge in [-0.2, -0.15) is 0 Å². The Morgan fingerprint density at radius 3 is 2.57 bits per heavy atom. The number of esters is 1. The molecule has 1 aromatic heterocycles. The van der Waals surface area contributed by atoms with E-state index in [1.54, 1.807) is 11.4 Å². The van der Waals surface area contributed by atoms with Crippen LogP contribution in [0.1, 0.15) is 35.2 Å². The van der Waals surface area contributed by atoms with E-state index in [1.165, 1.54) is 18.4 Å². The molecule has 0 fully saturated rings. The highest BCUT2D eigenvalue weighted by molar-refractivity contribution is 7.14. The van der Waals surface area contributed by atoms with E-state index in [9.17, 15) is 9.59 Å². The average Bonchev–Trinajstić information content (AvgIpc) is 2.96. The highest BCUT2D eigenvalue weighted by Crippen LogP contribution is 2.27. The lowest BCUT2D eigenvalue weighted by molar-refractivity contribution is -0.117. The third-order valence-corrected chi connectivity index (χ3v) is 4.06. The number of amides is 1. The minimum Gasteiger partial charge on any atom is -0.465 e. The van der Waals surface area contributed by atoms with Crippen LogP contribution in [0.4, 0.5) is 5.00 Å². The van der Waals surface area contributed by atoms with Gasteiger partial charge in [-0.25, -0.2) is 4.79 Å². The highest BCUT2D eigenvalue weighted by atomic mass is 32.1. The first kappa shape index (κ1) is 15.3. The molecule has 0 spiro atoms. The van der Waals surface area contributed by atoms with E-state index in [-0.39, 0.29) is 11.8 Å². The maximum absolute atomic E-state index is 12.4. The van der Waals surface area contributed by atoms with Crippen molar-refractivity contribution in [2.75, 3.05) is 12.4 Å². The van der Waals surface area contributed by atoms with Crippen LogP contribution in [-0.2, 0) is 9.53 Å². The number of hydrogen-bond donors (Lipinski definition) is 1. The van der Waals surface area contributed by atoms with Gasteiger partial charge in [0.1, 0.15) is 5.00 Å². The van der Waals surface area contributed by atoms with Crippen molar-refractivity contribution in [1.82, 2.24) is 0 Å². The van der Waals surface area contributed by atoms with Crippen molar-refractivity contribution >= 4 is 28.2 Å². The molecule has 1 atom stereocenters. The third kappa shape index (κ3) is 3.49. The molecule has 110 valence electrons. The number of carbonyl (C=O) groups excluding carboxylic acids is 2. The monoisotopic (exact) mass is 303 g/mol. The summed E-state index contributed by atoms with van der Waals surface area (Å²) in [6.07, 6.45) is 0.689. The zero-order valence-corrected chi connectivity index (χ0v) is 12.8. The molecule has 4 nitrogen and oxygen atoms in total. The summed E-state index contributed by atoms with van der Waals surface area (Å²) in [7, 11) is 1.32. The fourth-order valence-corrected chi connectivity index (χ4v) is 2.91. The Kier molecular flexibility index (Phi) is 5.11. The Labute approximate surface area is 127 Å². The topological polar surface area (TPSA) is 55.4 Å². The van der Waals surface area contributed by atoms with E-state index in [0.29, 0.717) is 17.0 Å². The first-order chi connectivity index (χ1) is 10.2. The quantitative estimate of drug-likeness (QED) is 0.857. The normalized spacial score (nSPS) is 11.7. The molecule has 0 saturated heterocycles. The summed E-state index contributed by atoms with van der Waals surface area (Å²) < 4.78 is 4.70. The lowest BCUT2D eigenvalue weighted by Crippen LogP contribution is -2.21. The molecular formula is C16H17NO3S. The van der Waals surface area contributed by atoms with Crippen LogP contribution in [0.25, 0.3) is 0 Å². The number of ether oxygens (including phenoxy) is 1. The molecule has 1 N–H and O–H groups in total. The molecule has 0 radical (unpaired) electrons. The average molecular weight is 303 g/mol. The van der Waals surface area contributed by atoms with Crippen molar-refractivity contribution in [3.8, 4) is 0 Å². The molecule has 5 heteroatoms. The summed E-state index contributed by atoms with van der Waals surface area (Å²) in [6, 6.07) is 11.3. The Bertz CT molecular complexity index is 621. The summed E-state index contributed by atoms with van der Waals surface area (Å²) in [5.74, 6) is -0.797. The molecule has 0 saturated carbocycles. The van der Waals surface area contributed by atoms with Crippen LogP contribution >= 0.6 is 11.3 Å². The molecule has 21 heavy (non-hydrogen) atoms. The van der Waals surface area contributed by atoms with Gasteiger partial charge in [0, 0.05) is 0 Å². The van der Waals surface area contributed by atoms with Crippen molar-refractivity contribution in [1.29, 1.82) is 0 Å². The summed E-state index contributed by atoms with van der Waals surface area (Å²) in [5.41, 5.74) is 1.35. The lowest BCUT2D eigenvalue weighted by Gasteiger charge is -2.15. The van der Waals surface area contributed by atoms with Crippen LogP contribution in [0, 0.1) is 0 Å². The van der Waals surface area contributed by atoms with Crippen LogP contribution in [0.5, 0.6) is 0 Å². The molecule has 1 heterocycles. The number of rotatable bonds is 5. The van der Waals surface area contributed by atoms with Gasteiger partial charge in [-0.15, -0.1) is 11.3 Å². The molecule has 1 aromatic carbocycles. The Hall–Kier alpha value is -2.14.